The zero-order valence-corrected chi connectivity index (χ0v) is 14.6. The highest BCUT2D eigenvalue weighted by atomic mass is 16.5. The molecule has 0 radical (unpaired) electrons. The van der Waals surface area contributed by atoms with Gasteiger partial charge in [-0.2, -0.15) is 5.10 Å². The first kappa shape index (κ1) is 16.7. The number of ether oxygens (including phenoxy) is 1. The van der Waals surface area contributed by atoms with Crippen LogP contribution in [0.3, 0.4) is 0 Å². The third kappa shape index (κ3) is 3.67. The zero-order valence-electron chi connectivity index (χ0n) is 14.6. The van der Waals surface area contributed by atoms with E-state index in [0.717, 1.165) is 30.8 Å². The lowest BCUT2D eigenvalue weighted by Gasteiger charge is -2.24. The largest absolute Gasteiger partial charge is 0.372 e. The summed E-state index contributed by atoms with van der Waals surface area (Å²) in [5.41, 5.74) is 1.58. The number of carbonyl (C=O) groups excluding carboxylic acids is 1. The normalized spacial score (nSPS) is 18.1. The molecule has 7 nitrogen and oxygen atoms in total. The lowest BCUT2D eigenvalue weighted by Crippen LogP contribution is -2.26. The third-order valence-corrected chi connectivity index (χ3v) is 3.91. The molecule has 1 fully saturated rings. The van der Waals surface area contributed by atoms with Gasteiger partial charge >= 0.3 is 0 Å². The molecule has 1 unspecified atom stereocenters. The lowest BCUT2D eigenvalue weighted by atomic mass is 10.1. The summed E-state index contributed by atoms with van der Waals surface area (Å²) in [5.74, 6) is 0.903. The van der Waals surface area contributed by atoms with Crippen LogP contribution < -0.4 is 5.32 Å². The number of anilines is 1. The number of amides is 1. The maximum atomic E-state index is 12.2. The van der Waals surface area contributed by atoms with E-state index in [4.69, 9.17) is 9.26 Å². The van der Waals surface area contributed by atoms with Crippen LogP contribution in [0, 0.1) is 6.92 Å². The second-order valence-electron chi connectivity index (χ2n) is 7.20. The van der Waals surface area contributed by atoms with Gasteiger partial charge < -0.3 is 14.6 Å². The summed E-state index contributed by atoms with van der Waals surface area (Å²) in [4.78, 5) is 12.2. The number of aromatic nitrogens is 3. The van der Waals surface area contributed by atoms with Crippen molar-refractivity contribution in [1.82, 2.24) is 14.9 Å². The Labute approximate surface area is 141 Å². The topological polar surface area (TPSA) is 82.2 Å². The van der Waals surface area contributed by atoms with Crippen LogP contribution >= 0.6 is 0 Å². The number of rotatable bonds is 4. The molecule has 1 amide bonds. The van der Waals surface area contributed by atoms with E-state index in [1.807, 2.05) is 17.7 Å². The van der Waals surface area contributed by atoms with Crippen LogP contribution in [0.4, 0.5) is 5.82 Å². The Kier molecular flexibility index (Phi) is 4.45. The molecule has 24 heavy (non-hydrogen) atoms. The standard InChI is InChI=1S/C17H24N4O3/c1-11-8-12(24-20-11)9-16(22)18-15-10-13(14-6-5-7-23-14)21(19-15)17(2,3)4/h8,10,14H,5-7,9H2,1-4H3,(H,18,19,22). The molecule has 2 aromatic heterocycles. The Morgan fingerprint density at radius 1 is 1.42 bits per heavy atom. The van der Waals surface area contributed by atoms with Crippen molar-refractivity contribution in [2.75, 3.05) is 11.9 Å². The molecule has 1 atom stereocenters. The number of hydrogen-bond donors (Lipinski definition) is 1. The van der Waals surface area contributed by atoms with E-state index in [0.29, 0.717) is 11.6 Å². The first-order valence-corrected chi connectivity index (χ1v) is 8.27. The number of hydrogen-bond acceptors (Lipinski definition) is 5. The summed E-state index contributed by atoms with van der Waals surface area (Å²) in [7, 11) is 0. The number of carbonyl (C=O) groups is 1. The molecule has 0 aromatic carbocycles. The molecule has 0 aliphatic carbocycles. The fourth-order valence-corrected chi connectivity index (χ4v) is 2.88. The molecule has 1 saturated heterocycles. The van der Waals surface area contributed by atoms with E-state index in [2.05, 4.69) is 36.3 Å². The molecule has 0 saturated carbocycles. The molecule has 130 valence electrons. The highest BCUT2D eigenvalue weighted by Gasteiger charge is 2.28. The van der Waals surface area contributed by atoms with Crippen LogP contribution in [0.1, 0.15) is 56.9 Å². The summed E-state index contributed by atoms with van der Waals surface area (Å²) in [6.07, 6.45) is 2.21. The molecule has 3 heterocycles. The van der Waals surface area contributed by atoms with Gasteiger partial charge in [0.05, 0.1) is 29.5 Å². The summed E-state index contributed by atoms with van der Waals surface area (Å²) in [5, 5.41) is 11.2. The van der Waals surface area contributed by atoms with Gasteiger partial charge in [0.1, 0.15) is 5.76 Å². The molecule has 3 rings (SSSR count). The van der Waals surface area contributed by atoms with Gasteiger partial charge in [-0.15, -0.1) is 0 Å². The van der Waals surface area contributed by atoms with Crippen molar-refractivity contribution in [3.8, 4) is 0 Å². The van der Waals surface area contributed by atoms with Gasteiger partial charge in [-0.1, -0.05) is 5.16 Å². The van der Waals surface area contributed by atoms with Crippen LogP contribution in [0.2, 0.25) is 0 Å². The summed E-state index contributed by atoms with van der Waals surface area (Å²) in [6, 6.07) is 3.66. The number of nitrogens with zero attached hydrogens (tertiary/aromatic N) is 3. The summed E-state index contributed by atoms with van der Waals surface area (Å²) >= 11 is 0. The summed E-state index contributed by atoms with van der Waals surface area (Å²) in [6.45, 7) is 8.85. The SMILES string of the molecule is Cc1cc(CC(=O)Nc2cc(C3CCCO3)n(C(C)(C)C)n2)on1. The molecule has 1 N–H and O–H groups in total. The van der Waals surface area contributed by atoms with Crippen molar-refractivity contribution in [3.05, 3.63) is 29.3 Å². The Morgan fingerprint density at radius 2 is 2.21 bits per heavy atom. The minimum absolute atomic E-state index is 0.0410. The molecular weight excluding hydrogens is 308 g/mol. The fourth-order valence-electron chi connectivity index (χ4n) is 2.88. The van der Waals surface area contributed by atoms with Gasteiger partial charge in [0.25, 0.3) is 0 Å². The molecule has 1 aliphatic heterocycles. The van der Waals surface area contributed by atoms with Crippen LogP contribution in [-0.2, 0) is 21.5 Å². The van der Waals surface area contributed by atoms with Gasteiger partial charge in [0.2, 0.25) is 5.91 Å². The van der Waals surface area contributed by atoms with Crippen LogP contribution in [0.5, 0.6) is 0 Å². The molecule has 7 heteroatoms. The van der Waals surface area contributed by atoms with Crippen molar-refractivity contribution in [1.29, 1.82) is 0 Å². The highest BCUT2D eigenvalue weighted by molar-refractivity contribution is 5.91. The monoisotopic (exact) mass is 332 g/mol. The van der Waals surface area contributed by atoms with Gasteiger partial charge in [-0.05, 0) is 40.5 Å². The minimum Gasteiger partial charge on any atom is -0.372 e. The van der Waals surface area contributed by atoms with Gasteiger partial charge in [-0.25, -0.2) is 0 Å². The Hall–Kier alpha value is -2.15. The maximum absolute atomic E-state index is 12.2. The fraction of sp³-hybridized carbons (Fsp3) is 0.588. The maximum Gasteiger partial charge on any atom is 0.233 e. The predicted octanol–water partition coefficient (Wildman–Crippen LogP) is 2.97. The lowest BCUT2D eigenvalue weighted by molar-refractivity contribution is -0.115. The van der Waals surface area contributed by atoms with Gasteiger partial charge in [0.15, 0.2) is 5.82 Å². The van der Waals surface area contributed by atoms with E-state index < -0.39 is 0 Å². The average Bonchev–Trinajstić information content (AvgIpc) is 3.17. The third-order valence-electron chi connectivity index (χ3n) is 3.91. The molecule has 2 aromatic rings. The molecule has 1 aliphatic rings. The van der Waals surface area contributed by atoms with E-state index >= 15 is 0 Å². The Morgan fingerprint density at radius 3 is 2.79 bits per heavy atom. The van der Waals surface area contributed by atoms with E-state index in [9.17, 15) is 4.79 Å². The zero-order chi connectivity index (χ0) is 17.3. The first-order chi connectivity index (χ1) is 11.3. The van der Waals surface area contributed by atoms with E-state index in [1.165, 1.54) is 0 Å². The summed E-state index contributed by atoms with van der Waals surface area (Å²) < 4.78 is 12.8. The molecule has 0 spiro atoms. The van der Waals surface area contributed by atoms with Crippen LogP contribution in [0.25, 0.3) is 0 Å². The molecular formula is C17H24N4O3. The van der Waals surface area contributed by atoms with Crippen molar-refractivity contribution in [2.24, 2.45) is 0 Å². The van der Waals surface area contributed by atoms with Crippen molar-refractivity contribution >= 4 is 11.7 Å². The van der Waals surface area contributed by atoms with Crippen LogP contribution in [0.15, 0.2) is 16.7 Å². The second-order valence-corrected chi connectivity index (χ2v) is 7.20. The first-order valence-electron chi connectivity index (χ1n) is 8.27. The average molecular weight is 332 g/mol. The molecule has 0 bridgehead atoms. The number of aryl methyl sites for hydroxylation is 1. The smallest absolute Gasteiger partial charge is 0.233 e. The predicted molar refractivity (Wildman–Crippen MR) is 88.7 cm³/mol. The Bertz CT molecular complexity index is 721. The van der Waals surface area contributed by atoms with E-state index in [1.54, 1.807) is 6.07 Å². The van der Waals surface area contributed by atoms with Crippen molar-refractivity contribution in [2.45, 2.75) is 58.6 Å². The van der Waals surface area contributed by atoms with Gasteiger partial charge in [0, 0.05) is 18.7 Å². The highest BCUT2D eigenvalue weighted by Crippen LogP contribution is 2.33. The van der Waals surface area contributed by atoms with Crippen molar-refractivity contribution in [3.63, 3.8) is 0 Å². The van der Waals surface area contributed by atoms with Gasteiger partial charge in [-0.3, -0.25) is 9.48 Å². The Balaban J connectivity index is 1.76. The van der Waals surface area contributed by atoms with Crippen LogP contribution in [-0.4, -0.2) is 27.5 Å². The second kappa shape index (κ2) is 6.39. The minimum atomic E-state index is -0.188. The van der Waals surface area contributed by atoms with Crippen molar-refractivity contribution < 1.29 is 14.1 Å². The number of nitrogens with one attached hydrogen (secondary N) is 1. The quantitative estimate of drug-likeness (QED) is 0.931. The van der Waals surface area contributed by atoms with E-state index in [-0.39, 0.29) is 24.0 Å².